The molecule has 0 aliphatic carbocycles. The highest BCUT2D eigenvalue weighted by atomic mass is 127. The van der Waals surface area contributed by atoms with Crippen LogP contribution in [-0.4, -0.2) is 69.6 Å². The first-order chi connectivity index (χ1) is 14.1. The summed E-state index contributed by atoms with van der Waals surface area (Å²) in [6.45, 7) is 7.36. The third-order valence-electron chi connectivity index (χ3n) is 5.74. The summed E-state index contributed by atoms with van der Waals surface area (Å²) in [5.41, 5.74) is 0. The molecular formula is C23H44IN5S. The number of hydrogen-bond donors (Lipinski definition) is 2. The monoisotopic (exact) mass is 549 g/mol. The third kappa shape index (κ3) is 10.3. The fraction of sp³-hybridized carbons (Fsp3) is 0.783. The van der Waals surface area contributed by atoms with Crippen LogP contribution in [0.3, 0.4) is 0 Å². The van der Waals surface area contributed by atoms with Crippen LogP contribution in [0.15, 0.2) is 22.5 Å². The van der Waals surface area contributed by atoms with Crippen LogP contribution in [0.1, 0.15) is 62.8 Å². The van der Waals surface area contributed by atoms with Crippen LogP contribution >= 0.6 is 35.3 Å². The summed E-state index contributed by atoms with van der Waals surface area (Å²) >= 11 is 1.88. The van der Waals surface area contributed by atoms with Crippen LogP contribution in [0, 0.1) is 5.92 Å². The maximum atomic E-state index is 4.97. The van der Waals surface area contributed by atoms with E-state index >= 15 is 0 Å². The Balaban J connectivity index is 0.00000450. The minimum absolute atomic E-state index is 0. The van der Waals surface area contributed by atoms with E-state index < -0.39 is 0 Å². The fourth-order valence-corrected chi connectivity index (χ4v) is 5.18. The van der Waals surface area contributed by atoms with Crippen molar-refractivity contribution in [3.05, 3.63) is 22.4 Å². The second kappa shape index (κ2) is 16.3. The van der Waals surface area contributed by atoms with Gasteiger partial charge in [-0.05, 0) is 84.2 Å². The Hall–Kier alpha value is -0.380. The number of rotatable bonds is 12. The molecule has 2 rings (SSSR count). The molecule has 0 radical (unpaired) electrons. The Labute approximate surface area is 206 Å². The maximum absolute atomic E-state index is 4.97. The summed E-state index contributed by atoms with van der Waals surface area (Å²) in [7, 11) is 6.57. The van der Waals surface area contributed by atoms with Gasteiger partial charge in [-0.25, -0.2) is 0 Å². The van der Waals surface area contributed by atoms with Crippen molar-refractivity contribution >= 4 is 41.3 Å². The molecule has 7 heteroatoms. The number of likely N-dealkylation sites (tertiary alicyclic amines) is 1. The summed E-state index contributed by atoms with van der Waals surface area (Å²) in [5, 5.41) is 9.18. The number of nitrogens with zero attached hydrogens (tertiary/aromatic N) is 3. The fourth-order valence-electron chi connectivity index (χ4n) is 4.20. The van der Waals surface area contributed by atoms with Gasteiger partial charge in [0.2, 0.25) is 0 Å². The normalized spacial score (nSPS) is 20.2. The highest BCUT2D eigenvalue weighted by Crippen LogP contribution is 2.37. The lowest BCUT2D eigenvalue weighted by molar-refractivity contribution is 0.128. The summed E-state index contributed by atoms with van der Waals surface area (Å²) in [5.74, 6) is 1.58. The molecule has 1 aromatic rings. The summed E-state index contributed by atoms with van der Waals surface area (Å²) in [6, 6.07) is 4.97. The first-order valence-corrected chi connectivity index (χ1v) is 12.4. The largest absolute Gasteiger partial charge is 0.357 e. The molecule has 5 nitrogen and oxygen atoms in total. The summed E-state index contributed by atoms with van der Waals surface area (Å²) in [6.07, 6.45) is 9.04. The standard InChI is InChI=1S/C23H43N5S.HI/c1-5-24-23(25-15-9-7-6-8-10-16-27(2)3)26-19-20-13-11-17-28(4)22(20)21-14-12-18-29-21;/h12,14,18,20,22H,5-11,13,15-17,19H2,1-4H3,(H2,24,25,26);1H. The lowest BCUT2D eigenvalue weighted by Gasteiger charge is -2.38. The topological polar surface area (TPSA) is 42.9 Å². The van der Waals surface area contributed by atoms with Crippen LogP contribution in [0.5, 0.6) is 0 Å². The van der Waals surface area contributed by atoms with Crippen molar-refractivity contribution in [3.8, 4) is 0 Å². The van der Waals surface area contributed by atoms with Crippen LogP contribution < -0.4 is 10.6 Å². The molecule has 0 aromatic carbocycles. The van der Waals surface area contributed by atoms with E-state index in [1.165, 1.54) is 62.9 Å². The van der Waals surface area contributed by atoms with E-state index in [-0.39, 0.29) is 24.0 Å². The molecule has 0 amide bonds. The van der Waals surface area contributed by atoms with E-state index in [2.05, 4.69) is 66.0 Å². The van der Waals surface area contributed by atoms with Gasteiger partial charge in [0.1, 0.15) is 0 Å². The Morgan fingerprint density at radius 1 is 1.20 bits per heavy atom. The highest BCUT2D eigenvalue weighted by molar-refractivity contribution is 14.0. The average Bonchev–Trinajstić information content (AvgIpc) is 3.22. The van der Waals surface area contributed by atoms with E-state index in [4.69, 9.17) is 4.99 Å². The van der Waals surface area contributed by atoms with E-state index in [1.807, 2.05) is 11.3 Å². The molecule has 174 valence electrons. The molecule has 1 aliphatic heterocycles. The van der Waals surface area contributed by atoms with Crippen molar-refractivity contribution in [1.82, 2.24) is 20.4 Å². The van der Waals surface area contributed by atoms with Crippen molar-refractivity contribution in [2.24, 2.45) is 10.9 Å². The van der Waals surface area contributed by atoms with Gasteiger partial charge in [-0.15, -0.1) is 35.3 Å². The number of piperidine rings is 1. The van der Waals surface area contributed by atoms with E-state index in [0.717, 1.165) is 25.6 Å². The molecule has 2 unspecified atom stereocenters. The minimum atomic E-state index is 0. The second-order valence-electron chi connectivity index (χ2n) is 8.56. The van der Waals surface area contributed by atoms with Gasteiger partial charge in [-0.1, -0.05) is 25.3 Å². The van der Waals surface area contributed by atoms with E-state index in [9.17, 15) is 0 Å². The summed E-state index contributed by atoms with van der Waals surface area (Å²) < 4.78 is 0. The Kier molecular flexibility index (Phi) is 15.0. The summed E-state index contributed by atoms with van der Waals surface area (Å²) in [4.78, 5) is 11.2. The molecule has 0 bridgehead atoms. The van der Waals surface area contributed by atoms with Crippen molar-refractivity contribution in [2.45, 2.75) is 57.9 Å². The lowest BCUT2D eigenvalue weighted by atomic mass is 9.88. The zero-order chi connectivity index (χ0) is 20.9. The molecular weight excluding hydrogens is 505 g/mol. The first-order valence-electron chi connectivity index (χ1n) is 11.5. The van der Waals surface area contributed by atoms with Gasteiger partial charge in [0.25, 0.3) is 0 Å². The van der Waals surface area contributed by atoms with Crippen molar-refractivity contribution in [3.63, 3.8) is 0 Å². The second-order valence-corrected chi connectivity index (χ2v) is 9.54. The molecule has 1 fully saturated rings. The average molecular weight is 550 g/mol. The zero-order valence-electron chi connectivity index (χ0n) is 19.5. The molecule has 1 aromatic heterocycles. The van der Waals surface area contributed by atoms with Gasteiger partial charge in [-0.2, -0.15) is 0 Å². The quantitative estimate of drug-likeness (QED) is 0.170. The SMILES string of the molecule is CCNC(=NCC1CCCN(C)C1c1cccs1)NCCCCCCCN(C)C.I. The number of aliphatic imine (C=N–C) groups is 1. The lowest BCUT2D eigenvalue weighted by Crippen LogP contribution is -2.40. The number of halogens is 1. The molecule has 1 aliphatic rings. The van der Waals surface area contributed by atoms with Gasteiger partial charge >= 0.3 is 0 Å². The van der Waals surface area contributed by atoms with Gasteiger partial charge in [0, 0.05) is 30.6 Å². The molecule has 0 saturated carbocycles. The maximum Gasteiger partial charge on any atom is 0.191 e. The number of thiophene rings is 1. The highest BCUT2D eigenvalue weighted by Gasteiger charge is 2.31. The first kappa shape index (κ1) is 27.7. The number of nitrogens with one attached hydrogen (secondary N) is 2. The number of unbranched alkanes of at least 4 members (excludes halogenated alkanes) is 4. The molecule has 1 saturated heterocycles. The number of hydrogen-bond acceptors (Lipinski definition) is 4. The van der Waals surface area contributed by atoms with Gasteiger partial charge in [0.05, 0.1) is 0 Å². The Morgan fingerprint density at radius 3 is 2.67 bits per heavy atom. The molecule has 2 atom stereocenters. The van der Waals surface area contributed by atoms with Gasteiger partial charge < -0.3 is 15.5 Å². The third-order valence-corrected chi connectivity index (χ3v) is 6.69. The van der Waals surface area contributed by atoms with E-state index in [1.54, 1.807) is 0 Å². The minimum Gasteiger partial charge on any atom is -0.357 e. The number of guanidine groups is 1. The van der Waals surface area contributed by atoms with Gasteiger partial charge in [0.15, 0.2) is 5.96 Å². The zero-order valence-corrected chi connectivity index (χ0v) is 22.7. The van der Waals surface area contributed by atoms with Crippen molar-refractivity contribution in [1.29, 1.82) is 0 Å². The molecule has 0 spiro atoms. The van der Waals surface area contributed by atoms with Gasteiger partial charge in [-0.3, -0.25) is 9.89 Å². The van der Waals surface area contributed by atoms with Crippen molar-refractivity contribution in [2.75, 3.05) is 53.9 Å². The smallest absolute Gasteiger partial charge is 0.191 e. The molecule has 30 heavy (non-hydrogen) atoms. The van der Waals surface area contributed by atoms with Crippen LogP contribution in [0.25, 0.3) is 0 Å². The Bertz CT molecular complexity index is 564. The van der Waals surface area contributed by atoms with Crippen molar-refractivity contribution < 1.29 is 0 Å². The molecule has 2 N–H and O–H groups in total. The van der Waals surface area contributed by atoms with Crippen LogP contribution in [0.4, 0.5) is 0 Å². The van der Waals surface area contributed by atoms with Crippen LogP contribution in [0.2, 0.25) is 0 Å². The molecule has 2 heterocycles. The van der Waals surface area contributed by atoms with E-state index in [0.29, 0.717) is 12.0 Å². The Morgan fingerprint density at radius 2 is 1.97 bits per heavy atom. The predicted molar refractivity (Wildman–Crippen MR) is 143 cm³/mol. The van der Waals surface area contributed by atoms with Crippen LogP contribution in [-0.2, 0) is 0 Å². The predicted octanol–water partition coefficient (Wildman–Crippen LogP) is 4.82.